The fourth-order valence-corrected chi connectivity index (χ4v) is 3.09. The van der Waals surface area contributed by atoms with Crippen molar-refractivity contribution in [1.82, 2.24) is 4.98 Å². The number of hydrogen-bond acceptors (Lipinski definition) is 3. The third-order valence-electron chi connectivity index (χ3n) is 2.19. The zero-order valence-electron chi connectivity index (χ0n) is 8.63. The lowest BCUT2D eigenvalue weighted by Gasteiger charge is -2.08. The van der Waals surface area contributed by atoms with Crippen molar-refractivity contribution in [3.63, 3.8) is 0 Å². The summed E-state index contributed by atoms with van der Waals surface area (Å²) in [4.78, 5) is 5.57. The van der Waals surface area contributed by atoms with Crippen LogP contribution in [-0.4, -0.2) is 4.98 Å². The van der Waals surface area contributed by atoms with E-state index in [-0.39, 0.29) is 0 Å². The van der Waals surface area contributed by atoms with Crippen LogP contribution in [0, 0.1) is 6.92 Å². The second-order valence-electron chi connectivity index (χ2n) is 3.34. The molecule has 0 spiro atoms. The molecule has 2 rings (SSSR count). The highest BCUT2D eigenvalue weighted by Crippen LogP contribution is 2.26. The summed E-state index contributed by atoms with van der Waals surface area (Å²) in [5.74, 6) is 0.889. The Bertz CT molecular complexity index is 496. The number of nitrogens with zero attached hydrogens (tertiary/aromatic N) is 1. The number of thiophene rings is 1. The van der Waals surface area contributed by atoms with Crippen LogP contribution >= 0.6 is 43.2 Å². The lowest BCUT2D eigenvalue weighted by atomic mass is 10.3. The van der Waals surface area contributed by atoms with E-state index in [2.05, 4.69) is 60.5 Å². The van der Waals surface area contributed by atoms with E-state index in [1.54, 1.807) is 11.3 Å². The maximum atomic E-state index is 4.30. The molecule has 0 radical (unpaired) electrons. The summed E-state index contributed by atoms with van der Waals surface area (Å²) in [6.07, 6.45) is 1.81. The summed E-state index contributed by atoms with van der Waals surface area (Å²) < 4.78 is 2.18. The second kappa shape index (κ2) is 5.29. The molecular formula is C11H10Br2N2S. The minimum absolute atomic E-state index is 0.785. The SMILES string of the molecule is Cc1ccnc(NCc2sccc2Br)c1Br. The zero-order valence-corrected chi connectivity index (χ0v) is 12.6. The Kier molecular flexibility index (Phi) is 4.00. The fourth-order valence-electron chi connectivity index (χ4n) is 1.28. The van der Waals surface area contributed by atoms with E-state index in [1.807, 2.05) is 12.3 Å². The number of nitrogens with one attached hydrogen (secondary N) is 1. The summed E-state index contributed by atoms with van der Waals surface area (Å²) in [6, 6.07) is 4.04. The average molecular weight is 362 g/mol. The smallest absolute Gasteiger partial charge is 0.140 e. The Hall–Kier alpha value is -0.390. The Morgan fingerprint density at radius 3 is 2.88 bits per heavy atom. The predicted molar refractivity (Wildman–Crippen MR) is 76.0 cm³/mol. The summed E-state index contributed by atoms with van der Waals surface area (Å²) in [5, 5.41) is 5.39. The van der Waals surface area contributed by atoms with Crippen molar-refractivity contribution in [3.05, 3.63) is 43.1 Å². The van der Waals surface area contributed by atoms with Gasteiger partial charge in [-0.15, -0.1) is 11.3 Å². The first-order chi connectivity index (χ1) is 7.68. The van der Waals surface area contributed by atoms with Crippen LogP contribution in [0.4, 0.5) is 5.82 Å². The number of hydrogen-bond donors (Lipinski definition) is 1. The number of pyridine rings is 1. The van der Waals surface area contributed by atoms with Crippen LogP contribution in [0.3, 0.4) is 0 Å². The van der Waals surface area contributed by atoms with Crippen LogP contribution in [-0.2, 0) is 6.54 Å². The molecule has 2 nitrogen and oxygen atoms in total. The maximum Gasteiger partial charge on any atom is 0.140 e. The Labute approximate surface area is 115 Å². The molecule has 0 aliphatic heterocycles. The number of anilines is 1. The third kappa shape index (κ3) is 2.64. The molecule has 0 aromatic carbocycles. The van der Waals surface area contributed by atoms with E-state index in [4.69, 9.17) is 0 Å². The van der Waals surface area contributed by atoms with Gasteiger partial charge in [0, 0.05) is 15.5 Å². The number of halogens is 2. The molecule has 0 amide bonds. The van der Waals surface area contributed by atoms with Crippen LogP contribution in [0.15, 0.2) is 32.7 Å². The van der Waals surface area contributed by atoms with Crippen LogP contribution in [0.2, 0.25) is 0 Å². The first kappa shape index (κ1) is 12.1. The largest absolute Gasteiger partial charge is 0.364 e. The highest BCUT2D eigenvalue weighted by Gasteiger charge is 2.05. The van der Waals surface area contributed by atoms with Gasteiger partial charge in [0.05, 0.1) is 11.0 Å². The lowest BCUT2D eigenvalue weighted by Crippen LogP contribution is -2.01. The molecule has 0 unspecified atom stereocenters. The molecule has 0 bridgehead atoms. The summed E-state index contributed by atoms with van der Waals surface area (Å²) in [5.41, 5.74) is 1.18. The number of aromatic nitrogens is 1. The summed E-state index contributed by atoms with van der Waals surface area (Å²) in [6.45, 7) is 2.84. The van der Waals surface area contributed by atoms with Gasteiger partial charge in [-0.25, -0.2) is 4.98 Å². The van der Waals surface area contributed by atoms with Crippen molar-refractivity contribution in [2.45, 2.75) is 13.5 Å². The minimum Gasteiger partial charge on any atom is -0.364 e. The van der Waals surface area contributed by atoms with Crippen molar-refractivity contribution >= 4 is 49.0 Å². The fraction of sp³-hybridized carbons (Fsp3) is 0.182. The highest BCUT2D eigenvalue weighted by molar-refractivity contribution is 9.11. The second-order valence-corrected chi connectivity index (χ2v) is 5.98. The minimum atomic E-state index is 0.785. The molecule has 0 saturated heterocycles. The lowest BCUT2D eigenvalue weighted by molar-refractivity contribution is 1.12. The quantitative estimate of drug-likeness (QED) is 0.864. The van der Waals surface area contributed by atoms with Gasteiger partial charge in [-0.1, -0.05) is 0 Å². The zero-order chi connectivity index (χ0) is 11.5. The van der Waals surface area contributed by atoms with Crippen LogP contribution in [0.1, 0.15) is 10.4 Å². The van der Waals surface area contributed by atoms with E-state index in [0.717, 1.165) is 21.3 Å². The molecule has 84 valence electrons. The molecule has 2 aromatic heterocycles. The Morgan fingerprint density at radius 1 is 1.38 bits per heavy atom. The standard InChI is InChI=1S/C11H10Br2N2S/c1-7-2-4-14-11(10(7)13)15-6-9-8(12)3-5-16-9/h2-5H,6H2,1H3,(H,14,15). The Morgan fingerprint density at radius 2 is 2.19 bits per heavy atom. The predicted octanol–water partition coefficient (Wildman–Crippen LogP) is 4.59. The van der Waals surface area contributed by atoms with Gasteiger partial charge in [0.15, 0.2) is 0 Å². The topological polar surface area (TPSA) is 24.9 Å². The van der Waals surface area contributed by atoms with Crippen molar-refractivity contribution < 1.29 is 0 Å². The highest BCUT2D eigenvalue weighted by atomic mass is 79.9. The molecule has 0 atom stereocenters. The number of rotatable bonds is 3. The maximum absolute atomic E-state index is 4.30. The molecular weight excluding hydrogens is 352 g/mol. The molecule has 2 aromatic rings. The van der Waals surface area contributed by atoms with Crippen molar-refractivity contribution in [2.24, 2.45) is 0 Å². The van der Waals surface area contributed by atoms with E-state index in [9.17, 15) is 0 Å². The van der Waals surface area contributed by atoms with Crippen molar-refractivity contribution in [2.75, 3.05) is 5.32 Å². The van der Waals surface area contributed by atoms with Crippen molar-refractivity contribution in [1.29, 1.82) is 0 Å². The molecule has 5 heteroatoms. The third-order valence-corrected chi connectivity index (χ3v) is 5.12. The molecule has 0 aliphatic rings. The van der Waals surface area contributed by atoms with Gasteiger partial charge in [-0.05, 0) is 61.9 Å². The van der Waals surface area contributed by atoms with E-state index in [0.29, 0.717) is 0 Å². The van der Waals surface area contributed by atoms with E-state index >= 15 is 0 Å². The van der Waals surface area contributed by atoms with Gasteiger partial charge in [0.25, 0.3) is 0 Å². The molecule has 0 aliphatic carbocycles. The molecule has 2 heterocycles. The Balaban J connectivity index is 2.11. The molecule has 0 fully saturated rings. The molecule has 16 heavy (non-hydrogen) atoms. The van der Waals surface area contributed by atoms with Gasteiger partial charge in [0.1, 0.15) is 5.82 Å². The summed E-state index contributed by atoms with van der Waals surface area (Å²) in [7, 11) is 0. The van der Waals surface area contributed by atoms with Crippen molar-refractivity contribution in [3.8, 4) is 0 Å². The van der Waals surface area contributed by atoms with E-state index < -0.39 is 0 Å². The van der Waals surface area contributed by atoms with Gasteiger partial charge in [-0.3, -0.25) is 0 Å². The van der Waals surface area contributed by atoms with Crippen LogP contribution in [0.5, 0.6) is 0 Å². The normalized spacial score (nSPS) is 10.4. The van der Waals surface area contributed by atoms with E-state index in [1.165, 1.54) is 10.4 Å². The molecule has 1 N–H and O–H groups in total. The first-order valence-corrected chi connectivity index (χ1v) is 7.22. The average Bonchev–Trinajstić information content (AvgIpc) is 2.67. The van der Waals surface area contributed by atoms with Crippen LogP contribution < -0.4 is 5.32 Å². The monoisotopic (exact) mass is 360 g/mol. The van der Waals surface area contributed by atoms with Crippen LogP contribution in [0.25, 0.3) is 0 Å². The molecule has 0 saturated carbocycles. The van der Waals surface area contributed by atoms with Gasteiger partial charge in [-0.2, -0.15) is 0 Å². The van der Waals surface area contributed by atoms with Gasteiger partial charge < -0.3 is 5.32 Å². The van der Waals surface area contributed by atoms with Gasteiger partial charge >= 0.3 is 0 Å². The summed E-state index contributed by atoms with van der Waals surface area (Å²) >= 11 is 8.77. The first-order valence-electron chi connectivity index (χ1n) is 4.75. The van der Waals surface area contributed by atoms with Gasteiger partial charge in [0.2, 0.25) is 0 Å². The number of aryl methyl sites for hydroxylation is 1.